The molecule has 2 aliphatic heterocycles. The van der Waals surface area contributed by atoms with Crippen LogP contribution in [0.3, 0.4) is 0 Å². The third kappa shape index (κ3) is 2.83. The minimum Gasteiger partial charge on any atom is -0.465 e. The molecule has 0 unspecified atom stereocenters. The average molecular weight is 316 g/mol. The number of hydrogen-bond acceptors (Lipinski definition) is 6. The molecule has 0 radical (unpaired) electrons. The van der Waals surface area contributed by atoms with Crippen molar-refractivity contribution in [3.05, 3.63) is 35.9 Å². The van der Waals surface area contributed by atoms with Crippen molar-refractivity contribution < 1.29 is 23.9 Å². The van der Waals surface area contributed by atoms with Gasteiger partial charge in [0.1, 0.15) is 0 Å². The highest BCUT2D eigenvalue weighted by Crippen LogP contribution is 2.29. The molecule has 0 bridgehead atoms. The largest absolute Gasteiger partial charge is 0.465 e. The molecule has 2 amide bonds. The number of methoxy groups -OCH3 is 1. The van der Waals surface area contributed by atoms with Gasteiger partial charge < -0.3 is 14.4 Å². The fourth-order valence-corrected chi connectivity index (χ4v) is 2.67. The number of morpholine rings is 1. The number of anilines is 2. The number of esters is 1. The summed E-state index contributed by atoms with van der Waals surface area (Å²) >= 11 is 0. The van der Waals surface area contributed by atoms with Gasteiger partial charge in [-0.3, -0.25) is 9.59 Å². The number of rotatable bonds is 3. The molecule has 7 heteroatoms. The van der Waals surface area contributed by atoms with E-state index in [4.69, 9.17) is 9.47 Å². The van der Waals surface area contributed by atoms with Crippen molar-refractivity contribution in [3.8, 4) is 0 Å². The van der Waals surface area contributed by atoms with Gasteiger partial charge in [-0.25, -0.2) is 9.69 Å². The van der Waals surface area contributed by atoms with Crippen LogP contribution in [0, 0.1) is 0 Å². The number of carbonyl (C=O) groups is 3. The number of nitrogens with zero attached hydrogens (tertiary/aromatic N) is 2. The lowest BCUT2D eigenvalue weighted by Gasteiger charge is -2.30. The van der Waals surface area contributed by atoms with Crippen molar-refractivity contribution in [1.29, 1.82) is 0 Å². The van der Waals surface area contributed by atoms with Gasteiger partial charge >= 0.3 is 5.97 Å². The molecule has 23 heavy (non-hydrogen) atoms. The predicted octanol–water partition coefficient (Wildman–Crippen LogP) is 0.739. The lowest BCUT2D eigenvalue weighted by atomic mass is 10.1. The van der Waals surface area contributed by atoms with Gasteiger partial charge in [0.2, 0.25) is 0 Å². The van der Waals surface area contributed by atoms with E-state index in [0.717, 1.165) is 4.90 Å². The van der Waals surface area contributed by atoms with Crippen molar-refractivity contribution in [2.45, 2.75) is 0 Å². The second-order valence-corrected chi connectivity index (χ2v) is 5.14. The van der Waals surface area contributed by atoms with Gasteiger partial charge in [-0.1, -0.05) is 0 Å². The normalized spacial score (nSPS) is 17.8. The molecule has 2 aliphatic rings. The molecule has 1 fully saturated rings. The maximum absolute atomic E-state index is 12.1. The van der Waals surface area contributed by atoms with Gasteiger partial charge in [0.25, 0.3) is 11.8 Å². The molecule has 0 spiro atoms. The van der Waals surface area contributed by atoms with Crippen LogP contribution in [-0.4, -0.2) is 51.2 Å². The van der Waals surface area contributed by atoms with Crippen LogP contribution in [0.2, 0.25) is 0 Å². The fraction of sp³-hybridized carbons (Fsp3) is 0.312. The fourth-order valence-electron chi connectivity index (χ4n) is 2.67. The van der Waals surface area contributed by atoms with Gasteiger partial charge in [0.05, 0.1) is 37.3 Å². The summed E-state index contributed by atoms with van der Waals surface area (Å²) < 4.78 is 10.2. The van der Waals surface area contributed by atoms with Crippen LogP contribution in [0.4, 0.5) is 11.4 Å². The van der Waals surface area contributed by atoms with Crippen LogP contribution < -0.4 is 9.80 Å². The zero-order valence-electron chi connectivity index (χ0n) is 12.7. The van der Waals surface area contributed by atoms with Crippen molar-refractivity contribution in [2.24, 2.45) is 0 Å². The number of benzene rings is 1. The van der Waals surface area contributed by atoms with Gasteiger partial charge in [-0.15, -0.1) is 0 Å². The van der Waals surface area contributed by atoms with Crippen molar-refractivity contribution >= 4 is 29.2 Å². The van der Waals surface area contributed by atoms with Crippen LogP contribution in [0.1, 0.15) is 10.4 Å². The van der Waals surface area contributed by atoms with Crippen LogP contribution >= 0.6 is 0 Å². The first-order chi connectivity index (χ1) is 11.1. The van der Waals surface area contributed by atoms with E-state index in [9.17, 15) is 14.4 Å². The summed E-state index contributed by atoms with van der Waals surface area (Å²) in [5.74, 6) is -1.37. The Labute approximate surface area is 133 Å². The molecule has 1 aromatic rings. The SMILES string of the molecule is COC(=O)c1cc(N2C(=O)C=CC2=O)ccc1N1CCOCC1. The topological polar surface area (TPSA) is 76.2 Å². The highest BCUT2D eigenvalue weighted by Gasteiger charge is 2.27. The van der Waals surface area contributed by atoms with Gasteiger partial charge in [0, 0.05) is 25.2 Å². The van der Waals surface area contributed by atoms with E-state index in [2.05, 4.69) is 0 Å². The van der Waals surface area contributed by atoms with Gasteiger partial charge in [-0.2, -0.15) is 0 Å². The van der Waals surface area contributed by atoms with E-state index in [1.165, 1.54) is 25.3 Å². The first-order valence-corrected chi connectivity index (χ1v) is 7.23. The molecular formula is C16H16N2O5. The van der Waals surface area contributed by atoms with Gasteiger partial charge in [-0.05, 0) is 18.2 Å². The lowest BCUT2D eigenvalue weighted by Crippen LogP contribution is -2.37. The summed E-state index contributed by atoms with van der Waals surface area (Å²) in [7, 11) is 1.30. The lowest BCUT2D eigenvalue weighted by molar-refractivity contribution is -0.119. The highest BCUT2D eigenvalue weighted by atomic mass is 16.5. The summed E-state index contributed by atoms with van der Waals surface area (Å²) in [4.78, 5) is 38.8. The summed E-state index contributed by atoms with van der Waals surface area (Å²) in [6.07, 6.45) is 2.41. The molecule has 0 atom stereocenters. The molecule has 1 saturated heterocycles. The molecular weight excluding hydrogens is 300 g/mol. The minimum absolute atomic E-state index is 0.319. The van der Waals surface area contributed by atoms with Crippen molar-refractivity contribution in [2.75, 3.05) is 43.2 Å². The number of imide groups is 1. The van der Waals surface area contributed by atoms with Crippen LogP contribution in [0.5, 0.6) is 0 Å². The molecule has 0 N–H and O–H groups in total. The molecule has 7 nitrogen and oxygen atoms in total. The maximum Gasteiger partial charge on any atom is 0.340 e. The standard InChI is InChI=1S/C16H16N2O5/c1-22-16(21)12-10-11(18-14(19)4-5-15(18)20)2-3-13(12)17-6-8-23-9-7-17/h2-5,10H,6-9H2,1H3. The Morgan fingerprint density at radius 2 is 1.78 bits per heavy atom. The molecule has 0 saturated carbocycles. The Kier molecular flexibility index (Phi) is 4.12. The highest BCUT2D eigenvalue weighted by molar-refractivity contribution is 6.28. The molecule has 120 valence electrons. The van der Waals surface area contributed by atoms with Crippen molar-refractivity contribution in [1.82, 2.24) is 0 Å². The Balaban J connectivity index is 2.00. The smallest absolute Gasteiger partial charge is 0.340 e. The Morgan fingerprint density at radius 1 is 1.13 bits per heavy atom. The maximum atomic E-state index is 12.1. The summed E-state index contributed by atoms with van der Waals surface area (Å²) in [6, 6.07) is 4.89. The van der Waals surface area contributed by atoms with Crippen LogP contribution in [0.15, 0.2) is 30.4 Å². The van der Waals surface area contributed by atoms with E-state index in [1.807, 2.05) is 4.90 Å². The van der Waals surface area contributed by atoms with E-state index < -0.39 is 17.8 Å². The van der Waals surface area contributed by atoms with E-state index in [0.29, 0.717) is 43.2 Å². The second kappa shape index (κ2) is 6.21. The van der Waals surface area contributed by atoms with Crippen LogP contribution in [0.25, 0.3) is 0 Å². The Bertz CT molecular complexity index is 674. The number of carbonyl (C=O) groups excluding carboxylic acids is 3. The number of ether oxygens (including phenoxy) is 2. The molecule has 0 aliphatic carbocycles. The molecule has 0 aromatic heterocycles. The zero-order chi connectivity index (χ0) is 16.4. The quantitative estimate of drug-likeness (QED) is 0.605. The number of hydrogen-bond donors (Lipinski definition) is 0. The first-order valence-electron chi connectivity index (χ1n) is 7.23. The Hall–Kier alpha value is -2.67. The van der Waals surface area contributed by atoms with E-state index in [1.54, 1.807) is 12.1 Å². The third-order valence-electron chi connectivity index (χ3n) is 3.80. The summed E-state index contributed by atoms with van der Waals surface area (Å²) in [6.45, 7) is 2.48. The van der Waals surface area contributed by atoms with Crippen LogP contribution in [-0.2, 0) is 19.1 Å². The second-order valence-electron chi connectivity index (χ2n) is 5.14. The first kappa shape index (κ1) is 15.2. The number of amides is 2. The third-order valence-corrected chi connectivity index (χ3v) is 3.80. The average Bonchev–Trinajstić information content (AvgIpc) is 2.93. The Morgan fingerprint density at radius 3 is 2.39 bits per heavy atom. The summed E-state index contributed by atoms with van der Waals surface area (Å²) in [5.41, 5.74) is 1.37. The van der Waals surface area contributed by atoms with E-state index >= 15 is 0 Å². The molecule has 3 rings (SSSR count). The molecule has 2 heterocycles. The monoisotopic (exact) mass is 316 g/mol. The zero-order valence-corrected chi connectivity index (χ0v) is 12.7. The predicted molar refractivity (Wildman–Crippen MR) is 82.4 cm³/mol. The van der Waals surface area contributed by atoms with Gasteiger partial charge in [0.15, 0.2) is 0 Å². The minimum atomic E-state index is -0.514. The van der Waals surface area contributed by atoms with E-state index in [-0.39, 0.29) is 0 Å². The molecule has 1 aromatic carbocycles. The summed E-state index contributed by atoms with van der Waals surface area (Å²) in [5, 5.41) is 0. The van der Waals surface area contributed by atoms with Crippen molar-refractivity contribution in [3.63, 3.8) is 0 Å².